The number of hydrogen-bond donors (Lipinski definition) is 2. The van der Waals surface area contributed by atoms with E-state index in [4.69, 9.17) is 13.8 Å². The molecule has 10 heteroatoms. The molecule has 0 aliphatic carbocycles. The molecule has 0 fully saturated rings. The number of allylic oxidation sites excluding steroid dienone is 3. The zero-order chi connectivity index (χ0) is 64.9. The van der Waals surface area contributed by atoms with Crippen LogP contribution in [-0.4, -0.2) is 74.3 Å². The average Bonchev–Trinajstić information content (AvgIpc) is 3.64. The number of nitrogens with zero attached hydrogens (tertiary/aromatic N) is 1. The zero-order valence-electron chi connectivity index (χ0n) is 60.7. The molecule has 0 aliphatic rings. The summed E-state index contributed by atoms with van der Waals surface area (Å²) in [5, 5.41) is 3.09. The second-order valence-corrected chi connectivity index (χ2v) is 30.1. The largest absolute Gasteiger partial charge is 0.472 e. The van der Waals surface area contributed by atoms with Crippen molar-refractivity contribution in [3.63, 3.8) is 0 Å². The number of carbonyl (C=O) groups excluding carboxylic acids is 2. The topological polar surface area (TPSA) is 111 Å². The van der Waals surface area contributed by atoms with E-state index >= 15 is 0 Å². The maximum atomic E-state index is 13.7. The first-order valence-electron chi connectivity index (χ1n) is 39.7. The lowest BCUT2D eigenvalue weighted by atomic mass is 10.0. The number of hydrogen-bond acceptors (Lipinski definition) is 6. The summed E-state index contributed by atoms with van der Waals surface area (Å²) in [5.41, 5.74) is 0. The van der Waals surface area contributed by atoms with Gasteiger partial charge in [0.25, 0.3) is 0 Å². The van der Waals surface area contributed by atoms with E-state index < -0.39 is 20.0 Å². The van der Waals surface area contributed by atoms with Gasteiger partial charge in [-0.25, -0.2) is 4.57 Å². The van der Waals surface area contributed by atoms with Crippen molar-refractivity contribution in [1.82, 2.24) is 5.32 Å². The molecule has 0 saturated carbocycles. The highest BCUT2D eigenvalue weighted by molar-refractivity contribution is 7.47. The van der Waals surface area contributed by atoms with Gasteiger partial charge in [0.1, 0.15) is 19.3 Å². The molecule has 0 spiro atoms. The van der Waals surface area contributed by atoms with Gasteiger partial charge in [0.05, 0.1) is 33.8 Å². The highest BCUT2D eigenvalue weighted by Gasteiger charge is 2.30. The summed E-state index contributed by atoms with van der Waals surface area (Å²) in [6.07, 6.45) is 86.4. The van der Waals surface area contributed by atoms with E-state index in [1.165, 1.54) is 327 Å². The average molecular weight is 1280 g/mol. The van der Waals surface area contributed by atoms with Gasteiger partial charge in [-0.3, -0.25) is 18.6 Å². The predicted molar refractivity (Wildman–Crippen MR) is 388 cm³/mol. The van der Waals surface area contributed by atoms with E-state index in [0.717, 1.165) is 57.8 Å². The molecule has 0 saturated heterocycles. The number of esters is 1. The quantitative estimate of drug-likeness (QED) is 0.0205. The summed E-state index contributed by atoms with van der Waals surface area (Å²) in [5.74, 6) is -0.477. The minimum Gasteiger partial charge on any atom is -0.456 e. The van der Waals surface area contributed by atoms with Crippen molar-refractivity contribution in [2.75, 3.05) is 40.9 Å². The van der Waals surface area contributed by atoms with Crippen LogP contribution in [0.4, 0.5) is 0 Å². The van der Waals surface area contributed by atoms with Crippen molar-refractivity contribution in [2.45, 2.75) is 431 Å². The third kappa shape index (κ3) is 70.6. The van der Waals surface area contributed by atoms with Gasteiger partial charge in [-0.1, -0.05) is 373 Å². The number of rotatable bonds is 74. The first-order valence-corrected chi connectivity index (χ1v) is 41.2. The number of likely N-dealkylation sites (N-methyl/N-ethyl adjacent to an activating group) is 1. The molecule has 1 amide bonds. The molecule has 0 aromatic carbocycles. The predicted octanol–water partition coefficient (Wildman–Crippen LogP) is 25.6. The second-order valence-electron chi connectivity index (χ2n) is 28.6. The third-order valence-corrected chi connectivity index (χ3v) is 19.4. The number of unbranched alkanes of at least 4 members (excludes halogenated alkanes) is 56. The van der Waals surface area contributed by atoms with Crippen molar-refractivity contribution in [1.29, 1.82) is 0 Å². The minimum atomic E-state index is -4.45. The molecule has 0 aromatic rings. The van der Waals surface area contributed by atoms with Crippen molar-refractivity contribution in [3.8, 4) is 0 Å². The molecular formula is C79H156N2O7P+. The monoisotopic (exact) mass is 1280 g/mol. The highest BCUT2D eigenvalue weighted by Crippen LogP contribution is 2.43. The molecule has 3 unspecified atom stereocenters. The van der Waals surface area contributed by atoms with Crippen molar-refractivity contribution >= 4 is 19.7 Å². The third-order valence-electron chi connectivity index (χ3n) is 18.4. The van der Waals surface area contributed by atoms with Crippen molar-refractivity contribution < 1.29 is 37.3 Å². The summed E-state index contributed by atoms with van der Waals surface area (Å²) in [4.78, 5) is 38.0. The van der Waals surface area contributed by atoms with E-state index in [0.29, 0.717) is 23.9 Å². The van der Waals surface area contributed by atoms with Crippen molar-refractivity contribution in [2.24, 2.45) is 0 Å². The first kappa shape index (κ1) is 87.5. The van der Waals surface area contributed by atoms with Crippen LogP contribution >= 0.6 is 7.82 Å². The summed E-state index contributed by atoms with van der Waals surface area (Å²) < 4.78 is 30.9. The lowest BCUT2D eigenvalue weighted by Gasteiger charge is -2.27. The van der Waals surface area contributed by atoms with Crippen molar-refractivity contribution in [3.05, 3.63) is 24.3 Å². The molecule has 528 valence electrons. The van der Waals surface area contributed by atoms with Gasteiger partial charge in [-0.05, 0) is 57.4 Å². The summed E-state index contributed by atoms with van der Waals surface area (Å²) in [6, 6.07) is -0.844. The fraction of sp³-hybridized carbons (Fsp3) is 0.924. The minimum absolute atomic E-state index is 0.0447. The summed E-state index contributed by atoms with van der Waals surface area (Å²) in [7, 11) is 1.52. The number of quaternary nitrogens is 1. The van der Waals surface area contributed by atoms with Crippen LogP contribution in [-0.2, 0) is 27.9 Å². The Morgan fingerprint density at radius 2 is 0.652 bits per heavy atom. The number of phosphoric ester groups is 1. The Hall–Kier alpha value is -1.51. The Morgan fingerprint density at radius 1 is 0.382 bits per heavy atom. The number of phosphoric acid groups is 1. The highest BCUT2D eigenvalue weighted by atomic mass is 31.2. The molecule has 0 aliphatic heterocycles. The van der Waals surface area contributed by atoms with E-state index in [2.05, 4.69) is 44.3 Å². The number of nitrogens with one attached hydrogen (secondary N) is 1. The van der Waals surface area contributed by atoms with Crippen LogP contribution in [0.3, 0.4) is 0 Å². The second kappa shape index (κ2) is 69.3. The van der Waals surface area contributed by atoms with Gasteiger partial charge in [0.15, 0.2) is 0 Å². The van der Waals surface area contributed by atoms with E-state index in [-0.39, 0.29) is 25.1 Å². The van der Waals surface area contributed by atoms with E-state index in [9.17, 15) is 19.0 Å². The Kier molecular flexibility index (Phi) is 68.1. The maximum Gasteiger partial charge on any atom is 0.472 e. The molecule has 9 nitrogen and oxygen atoms in total. The molecule has 0 radical (unpaired) electrons. The zero-order valence-corrected chi connectivity index (χ0v) is 61.6. The van der Waals surface area contributed by atoms with Gasteiger partial charge >= 0.3 is 13.8 Å². The number of carbonyl (C=O) groups is 2. The van der Waals surface area contributed by atoms with Crippen LogP contribution < -0.4 is 5.32 Å². The molecule has 2 N–H and O–H groups in total. The molecule has 0 rings (SSSR count). The van der Waals surface area contributed by atoms with Gasteiger partial charge in [-0.15, -0.1) is 0 Å². The smallest absolute Gasteiger partial charge is 0.456 e. The lowest BCUT2D eigenvalue weighted by Crippen LogP contribution is -2.47. The van der Waals surface area contributed by atoms with Crippen LogP contribution in [0.1, 0.15) is 419 Å². The van der Waals surface area contributed by atoms with Gasteiger partial charge < -0.3 is 19.4 Å². The number of ether oxygens (including phenoxy) is 1. The Balaban J connectivity index is 4.93. The van der Waals surface area contributed by atoms with E-state index in [1.807, 2.05) is 27.2 Å². The standard InChI is InChI=1S/C79H155N2O7P/c1-7-10-13-16-19-22-25-28-30-32-34-36-38-39-40-41-43-45-47-49-51-54-57-60-63-66-69-72-79(83)88-77(70-67-64-61-58-55-52-27-24-21-18-15-12-9-3)76(75-87-89(84,85)86-74-73-81(4,5)6)80-78(82)71-68-65-62-59-56-53-50-48-46-44-42-37-35-33-31-29-26-23-20-17-14-11-8-2/h29,31,67,70,76-77H,7-28,30,32-66,68-69,71-75H2,1-6H3,(H-,80,82,84,85)/p+1/b31-29+,70-67+. The van der Waals surface area contributed by atoms with Crippen LogP contribution in [0, 0.1) is 0 Å². The van der Waals surface area contributed by atoms with Crippen LogP contribution in [0.25, 0.3) is 0 Å². The molecular weight excluding hydrogens is 1120 g/mol. The maximum absolute atomic E-state index is 13.7. The lowest BCUT2D eigenvalue weighted by molar-refractivity contribution is -0.870. The summed E-state index contributed by atoms with van der Waals surface area (Å²) in [6.45, 7) is 7.10. The first-order chi connectivity index (χ1) is 43.4. The molecule has 89 heavy (non-hydrogen) atoms. The molecule has 0 heterocycles. The Bertz CT molecular complexity index is 1570. The van der Waals surface area contributed by atoms with Crippen LogP contribution in [0.2, 0.25) is 0 Å². The van der Waals surface area contributed by atoms with Gasteiger partial charge in [0.2, 0.25) is 5.91 Å². The SMILES string of the molecule is CCCCCCCC/C=C/CCCCCCCCCCCCCCCC(=O)NC(COP(=O)(O)OCC[N+](C)(C)C)C(/C=C/CCCCCCCCCCCCC)OC(=O)CCCCCCCCCCCCCCCCCCCCCCCCCCCCC. The van der Waals surface area contributed by atoms with Gasteiger partial charge in [0, 0.05) is 12.8 Å². The fourth-order valence-corrected chi connectivity index (χ4v) is 13.0. The fourth-order valence-electron chi connectivity index (χ4n) is 12.3. The molecule has 0 aromatic heterocycles. The van der Waals surface area contributed by atoms with E-state index in [1.54, 1.807) is 0 Å². The molecule has 0 bridgehead atoms. The molecule has 3 atom stereocenters. The Morgan fingerprint density at radius 3 is 0.955 bits per heavy atom. The Labute approximate surface area is 555 Å². The number of amides is 1. The summed E-state index contributed by atoms with van der Waals surface area (Å²) >= 11 is 0. The van der Waals surface area contributed by atoms with Gasteiger partial charge in [-0.2, -0.15) is 0 Å². The van der Waals surface area contributed by atoms with Crippen LogP contribution in [0.5, 0.6) is 0 Å². The normalized spacial score (nSPS) is 13.5. The van der Waals surface area contributed by atoms with Crippen LogP contribution in [0.15, 0.2) is 24.3 Å².